The van der Waals surface area contributed by atoms with E-state index in [0.717, 1.165) is 70.3 Å². The minimum atomic E-state index is 0.528. The third-order valence-electron chi connectivity index (χ3n) is 5.15. The van der Waals surface area contributed by atoms with Crippen LogP contribution in [-0.4, -0.2) is 73.6 Å². The zero-order valence-electron chi connectivity index (χ0n) is 17.1. The average molecular weight is 415 g/mol. The van der Waals surface area contributed by atoms with Crippen LogP contribution in [0.25, 0.3) is 0 Å². The molecule has 2 N–H and O–H groups in total. The van der Waals surface area contributed by atoms with E-state index in [-0.39, 0.29) is 0 Å². The highest BCUT2D eigenvalue weighted by Crippen LogP contribution is 2.08. The van der Waals surface area contributed by atoms with Crippen LogP contribution in [0.5, 0.6) is 0 Å². The monoisotopic (exact) mass is 414 g/mol. The molecule has 0 atom stereocenters. The standard InChI is InChI=1S/C22H31ClN6/c1-24-22(25-10-9-19-7-8-21(23)27-17-19)26-11-12-28-13-15-29(16-14-28)18-20-5-3-2-4-6-20/h2-8,17H,9-16,18H2,1H3,(H2,24,25,26). The third kappa shape index (κ3) is 7.65. The van der Waals surface area contributed by atoms with Gasteiger partial charge in [-0.1, -0.05) is 48.0 Å². The Hall–Kier alpha value is -2.15. The van der Waals surface area contributed by atoms with Gasteiger partial charge in [-0.2, -0.15) is 0 Å². The summed E-state index contributed by atoms with van der Waals surface area (Å²) < 4.78 is 0. The predicted octanol–water partition coefficient (Wildman–Crippen LogP) is 2.26. The zero-order chi connectivity index (χ0) is 20.3. The molecule has 6 nitrogen and oxygen atoms in total. The van der Waals surface area contributed by atoms with Crippen molar-refractivity contribution in [2.24, 2.45) is 4.99 Å². The van der Waals surface area contributed by atoms with Crippen LogP contribution in [0.15, 0.2) is 53.7 Å². The molecule has 1 aliphatic heterocycles. The second-order valence-corrected chi connectivity index (χ2v) is 7.66. The summed E-state index contributed by atoms with van der Waals surface area (Å²) in [7, 11) is 1.81. The van der Waals surface area contributed by atoms with Crippen molar-refractivity contribution in [2.75, 3.05) is 52.9 Å². The van der Waals surface area contributed by atoms with E-state index < -0.39 is 0 Å². The number of halogens is 1. The molecule has 3 rings (SSSR count). The molecular formula is C22H31ClN6. The highest BCUT2D eigenvalue weighted by atomic mass is 35.5. The second-order valence-electron chi connectivity index (χ2n) is 7.27. The van der Waals surface area contributed by atoms with E-state index in [1.54, 1.807) is 0 Å². The van der Waals surface area contributed by atoms with Gasteiger partial charge in [0.05, 0.1) is 0 Å². The minimum absolute atomic E-state index is 0.528. The number of hydrogen-bond donors (Lipinski definition) is 2. The van der Waals surface area contributed by atoms with E-state index >= 15 is 0 Å². The lowest BCUT2D eigenvalue weighted by atomic mass is 10.2. The molecule has 0 saturated carbocycles. The number of hydrogen-bond acceptors (Lipinski definition) is 4. The molecule has 0 unspecified atom stereocenters. The van der Waals surface area contributed by atoms with E-state index in [1.807, 2.05) is 25.4 Å². The maximum Gasteiger partial charge on any atom is 0.191 e. The van der Waals surface area contributed by atoms with Gasteiger partial charge in [-0.25, -0.2) is 4.98 Å². The zero-order valence-corrected chi connectivity index (χ0v) is 17.9. The van der Waals surface area contributed by atoms with Crippen LogP contribution in [0.3, 0.4) is 0 Å². The molecule has 7 heteroatoms. The molecule has 0 radical (unpaired) electrons. The SMILES string of the molecule is CN=C(NCCc1ccc(Cl)nc1)NCCN1CCN(Cc2ccccc2)CC1. The van der Waals surface area contributed by atoms with E-state index in [2.05, 4.69) is 60.7 Å². The van der Waals surface area contributed by atoms with Gasteiger partial charge in [0, 0.05) is 65.6 Å². The van der Waals surface area contributed by atoms with E-state index in [4.69, 9.17) is 11.6 Å². The molecular weight excluding hydrogens is 384 g/mol. The topological polar surface area (TPSA) is 55.8 Å². The lowest BCUT2D eigenvalue weighted by Gasteiger charge is -2.34. The Morgan fingerprint density at radius 2 is 1.69 bits per heavy atom. The summed E-state index contributed by atoms with van der Waals surface area (Å²) in [6, 6.07) is 14.5. The Morgan fingerprint density at radius 3 is 2.38 bits per heavy atom. The third-order valence-corrected chi connectivity index (χ3v) is 5.38. The first-order valence-electron chi connectivity index (χ1n) is 10.3. The fourth-order valence-electron chi connectivity index (χ4n) is 3.45. The molecule has 0 bridgehead atoms. The van der Waals surface area contributed by atoms with Crippen molar-refractivity contribution in [3.8, 4) is 0 Å². The van der Waals surface area contributed by atoms with Crippen LogP contribution in [0.1, 0.15) is 11.1 Å². The molecule has 0 amide bonds. The number of aromatic nitrogens is 1. The van der Waals surface area contributed by atoms with Gasteiger partial charge in [0.2, 0.25) is 0 Å². The summed E-state index contributed by atoms with van der Waals surface area (Å²) in [5, 5.41) is 7.29. The van der Waals surface area contributed by atoms with Crippen LogP contribution < -0.4 is 10.6 Å². The molecule has 1 saturated heterocycles. The summed E-state index contributed by atoms with van der Waals surface area (Å²) in [6.07, 6.45) is 2.70. The van der Waals surface area contributed by atoms with Gasteiger partial charge in [-0.05, 0) is 23.6 Å². The summed E-state index contributed by atoms with van der Waals surface area (Å²) in [5.41, 5.74) is 2.55. The van der Waals surface area contributed by atoms with Crippen molar-refractivity contribution in [1.29, 1.82) is 0 Å². The number of piperazine rings is 1. The van der Waals surface area contributed by atoms with Crippen LogP contribution >= 0.6 is 11.6 Å². The molecule has 156 valence electrons. The number of rotatable bonds is 8. The van der Waals surface area contributed by atoms with Gasteiger partial charge in [0.25, 0.3) is 0 Å². The summed E-state index contributed by atoms with van der Waals surface area (Å²) in [6.45, 7) is 8.25. The molecule has 0 spiro atoms. The minimum Gasteiger partial charge on any atom is -0.356 e. The van der Waals surface area contributed by atoms with Crippen molar-refractivity contribution >= 4 is 17.6 Å². The Labute approximate surface area is 179 Å². The predicted molar refractivity (Wildman–Crippen MR) is 120 cm³/mol. The first-order chi connectivity index (χ1) is 14.2. The lowest BCUT2D eigenvalue weighted by molar-refractivity contribution is 0.129. The van der Waals surface area contributed by atoms with Gasteiger partial charge in [0.15, 0.2) is 5.96 Å². The maximum atomic E-state index is 5.82. The maximum absolute atomic E-state index is 5.82. The van der Waals surface area contributed by atoms with Gasteiger partial charge in [-0.15, -0.1) is 0 Å². The van der Waals surface area contributed by atoms with Crippen molar-refractivity contribution in [2.45, 2.75) is 13.0 Å². The quantitative estimate of drug-likeness (QED) is 0.394. The molecule has 2 heterocycles. The van der Waals surface area contributed by atoms with E-state index in [9.17, 15) is 0 Å². The molecule has 1 aromatic heterocycles. The molecule has 29 heavy (non-hydrogen) atoms. The van der Waals surface area contributed by atoms with Crippen LogP contribution in [0, 0.1) is 0 Å². The van der Waals surface area contributed by atoms with Gasteiger partial charge >= 0.3 is 0 Å². The molecule has 0 aliphatic carbocycles. The highest BCUT2D eigenvalue weighted by Gasteiger charge is 2.16. The largest absolute Gasteiger partial charge is 0.356 e. The van der Waals surface area contributed by atoms with E-state index in [1.165, 1.54) is 5.56 Å². The van der Waals surface area contributed by atoms with Gasteiger partial charge in [-0.3, -0.25) is 14.8 Å². The summed E-state index contributed by atoms with van der Waals surface area (Å²) >= 11 is 5.82. The van der Waals surface area contributed by atoms with Gasteiger partial charge < -0.3 is 10.6 Å². The van der Waals surface area contributed by atoms with Crippen molar-refractivity contribution in [3.05, 3.63) is 64.9 Å². The van der Waals surface area contributed by atoms with E-state index in [0.29, 0.717) is 5.15 Å². The molecule has 2 aromatic rings. The van der Waals surface area contributed by atoms with Crippen molar-refractivity contribution in [3.63, 3.8) is 0 Å². The fourth-order valence-corrected chi connectivity index (χ4v) is 3.56. The molecule has 1 aliphatic rings. The Morgan fingerprint density at radius 1 is 0.966 bits per heavy atom. The summed E-state index contributed by atoms with van der Waals surface area (Å²) in [5.74, 6) is 0.842. The number of nitrogens with zero attached hydrogens (tertiary/aromatic N) is 4. The normalized spacial score (nSPS) is 16.0. The van der Waals surface area contributed by atoms with Crippen LogP contribution in [-0.2, 0) is 13.0 Å². The number of nitrogens with one attached hydrogen (secondary N) is 2. The highest BCUT2D eigenvalue weighted by molar-refractivity contribution is 6.29. The number of guanidine groups is 1. The molecule has 1 fully saturated rings. The Bertz CT molecular complexity index is 742. The van der Waals surface area contributed by atoms with Gasteiger partial charge in [0.1, 0.15) is 5.15 Å². The number of aliphatic imine (C=N–C) groups is 1. The molecule has 1 aromatic carbocycles. The Balaban J connectivity index is 1.28. The lowest BCUT2D eigenvalue weighted by Crippen LogP contribution is -2.49. The summed E-state index contributed by atoms with van der Waals surface area (Å²) in [4.78, 5) is 13.5. The van der Waals surface area contributed by atoms with Crippen LogP contribution in [0.4, 0.5) is 0 Å². The smallest absolute Gasteiger partial charge is 0.191 e. The van der Waals surface area contributed by atoms with Crippen molar-refractivity contribution in [1.82, 2.24) is 25.4 Å². The number of pyridine rings is 1. The van der Waals surface area contributed by atoms with Crippen molar-refractivity contribution < 1.29 is 0 Å². The number of benzene rings is 1. The first-order valence-corrected chi connectivity index (χ1v) is 10.6. The fraction of sp³-hybridized carbons (Fsp3) is 0.455. The first kappa shape index (κ1) is 21.6. The second kappa shape index (κ2) is 11.8. The average Bonchev–Trinajstić information content (AvgIpc) is 2.76. The Kier molecular flexibility index (Phi) is 8.74. The van der Waals surface area contributed by atoms with Crippen LogP contribution in [0.2, 0.25) is 5.15 Å².